The molecule has 0 aliphatic heterocycles. The summed E-state index contributed by atoms with van der Waals surface area (Å²) in [6.45, 7) is 4.49. The van der Waals surface area contributed by atoms with Gasteiger partial charge in [0.1, 0.15) is 0 Å². The second-order valence-electron chi connectivity index (χ2n) is 6.60. The molecule has 1 rings (SSSR count). The van der Waals surface area contributed by atoms with E-state index >= 15 is 0 Å². The zero-order valence-electron chi connectivity index (χ0n) is 15.1. The summed E-state index contributed by atoms with van der Waals surface area (Å²) in [5, 5.41) is 0. The Kier molecular flexibility index (Phi) is 12.0. The first-order valence-corrected chi connectivity index (χ1v) is 9.81. The molecule has 0 fully saturated rings. The highest BCUT2D eigenvalue weighted by Gasteiger charge is 2.00. The number of pyridine rings is 1. The summed E-state index contributed by atoms with van der Waals surface area (Å²) in [4.78, 5) is 4.47. The van der Waals surface area contributed by atoms with Crippen molar-refractivity contribution in [1.29, 1.82) is 0 Å². The predicted molar refractivity (Wildman–Crippen MR) is 98.4 cm³/mol. The van der Waals surface area contributed by atoms with E-state index < -0.39 is 0 Å². The summed E-state index contributed by atoms with van der Waals surface area (Å²) >= 11 is 0. The minimum Gasteiger partial charge on any atom is -0.261 e. The highest BCUT2D eigenvalue weighted by Crippen LogP contribution is 2.14. The summed E-state index contributed by atoms with van der Waals surface area (Å²) in [5.74, 6) is 0. The number of nitrogens with zero attached hydrogens (tertiary/aromatic N) is 1. The lowest BCUT2D eigenvalue weighted by Gasteiger charge is -2.06. The molecule has 1 nitrogen and oxygen atoms in total. The maximum absolute atomic E-state index is 4.47. The molecule has 0 radical (unpaired) electrons. The molecule has 1 aromatic rings. The molecule has 0 unspecified atom stereocenters. The van der Waals surface area contributed by atoms with Crippen LogP contribution in [0.5, 0.6) is 0 Å². The highest BCUT2D eigenvalue weighted by molar-refractivity contribution is 5.19. The molecular formula is C21H37N. The van der Waals surface area contributed by atoms with E-state index in [0.29, 0.717) is 0 Å². The monoisotopic (exact) mass is 303 g/mol. The fraction of sp³-hybridized carbons (Fsp3) is 0.762. The second kappa shape index (κ2) is 13.8. The SMILES string of the molecule is CCCCCCCCCCCCCCc1cccnc1CC. The van der Waals surface area contributed by atoms with Crippen molar-refractivity contribution in [2.75, 3.05) is 0 Å². The molecule has 0 amide bonds. The van der Waals surface area contributed by atoms with Gasteiger partial charge < -0.3 is 0 Å². The first-order valence-electron chi connectivity index (χ1n) is 9.81. The van der Waals surface area contributed by atoms with Crippen LogP contribution in [-0.2, 0) is 12.8 Å². The topological polar surface area (TPSA) is 12.9 Å². The van der Waals surface area contributed by atoms with Gasteiger partial charge in [-0.15, -0.1) is 0 Å². The van der Waals surface area contributed by atoms with Crippen molar-refractivity contribution in [3.05, 3.63) is 29.6 Å². The van der Waals surface area contributed by atoms with Crippen LogP contribution in [0.3, 0.4) is 0 Å². The minimum atomic E-state index is 1.06. The molecule has 1 heteroatoms. The Hall–Kier alpha value is -0.850. The first kappa shape index (κ1) is 19.2. The standard InChI is InChI=1S/C21H37N/c1-3-5-6-7-8-9-10-11-12-13-14-15-17-20-18-16-19-22-21(20)4-2/h16,18-19H,3-15,17H2,1-2H3. The summed E-state index contributed by atoms with van der Waals surface area (Å²) in [5.41, 5.74) is 2.77. The Morgan fingerprint density at radius 1 is 0.727 bits per heavy atom. The lowest BCUT2D eigenvalue weighted by Crippen LogP contribution is -1.96. The van der Waals surface area contributed by atoms with E-state index in [-0.39, 0.29) is 0 Å². The average Bonchev–Trinajstić information content (AvgIpc) is 2.56. The van der Waals surface area contributed by atoms with Crippen molar-refractivity contribution in [2.45, 2.75) is 104 Å². The number of unbranched alkanes of at least 4 members (excludes halogenated alkanes) is 11. The molecule has 0 N–H and O–H groups in total. The third kappa shape index (κ3) is 9.23. The third-order valence-electron chi connectivity index (χ3n) is 4.62. The maximum atomic E-state index is 4.47. The van der Waals surface area contributed by atoms with Crippen molar-refractivity contribution >= 4 is 0 Å². The van der Waals surface area contributed by atoms with E-state index in [0.717, 1.165) is 6.42 Å². The van der Waals surface area contributed by atoms with Crippen LogP contribution in [0.15, 0.2) is 18.3 Å². The summed E-state index contributed by atoms with van der Waals surface area (Å²) in [6.07, 6.45) is 21.3. The fourth-order valence-electron chi connectivity index (χ4n) is 3.17. The highest BCUT2D eigenvalue weighted by atomic mass is 14.7. The minimum absolute atomic E-state index is 1.06. The van der Waals surface area contributed by atoms with Gasteiger partial charge in [-0.2, -0.15) is 0 Å². The van der Waals surface area contributed by atoms with E-state index in [1.54, 1.807) is 0 Å². The van der Waals surface area contributed by atoms with E-state index in [1.165, 1.54) is 94.7 Å². The van der Waals surface area contributed by atoms with Gasteiger partial charge in [0, 0.05) is 11.9 Å². The zero-order valence-corrected chi connectivity index (χ0v) is 15.1. The molecule has 0 bridgehead atoms. The molecule has 0 aliphatic rings. The van der Waals surface area contributed by atoms with E-state index in [1.807, 2.05) is 6.20 Å². The van der Waals surface area contributed by atoms with Gasteiger partial charge in [0.15, 0.2) is 0 Å². The second-order valence-corrected chi connectivity index (χ2v) is 6.60. The summed E-state index contributed by atoms with van der Waals surface area (Å²) in [7, 11) is 0. The van der Waals surface area contributed by atoms with Gasteiger partial charge in [0.25, 0.3) is 0 Å². The first-order chi connectivity index (χ1) is 10.9. The Labute approximate surface area is 138 Å². The van der Waals surface area contributed by atoms with Crippen LogP contribution >= 0.6 is 0 Å². The maximum Gasteiger partial charge on any atom is 0.0432 e. The Morgan fingerprint density at radius 2 is 1.27 bits per heavy atom. The number of aromatic nitrogens is 1. The lowest BCUT2D eigenvalue weighted by atomic mass is 10.0. The van der Waals surface area contributed by atoms with Crippen LogP contribution in [0.2, 0.25) is 0 Å². The van der Waals surface area contributed by atoms with Crippen molar-refractivity contribution in [3.8, 4) is 0 Å². The number of aryl methyl sites for hydroxylation is 2. The lowest BCUT2D eigenvalue weighted by molar-refractivity contribution is 0.543. The molecular weight excluding hydrogens is 266 g/mol. The van der Waals surface area contributed by atoms with Crippen LogP contribution in [-0.4, -0.2) is 4.98 Å². The van der Waals surface area contributed by atoms with Crippen LogP contribution in [0.1, 0.15) is 102 Å². The third-order valence-corrected chi connectivity index (χ3v) is 4.62. The quantitative estimate of drug-likeness (QED) is 0.341. The van der Waals surface area contributed by atoms with Gasteiger partial charge in [0.05, 0.1) is 0 Å². The van der Waals surface area contributed by atoms with Crippen molar-refractivity contribution in [1.82, 2.24) is 4.98 Å². The van der Waals surface area contributed by atoms with Gasteiger partial charge >= 0.3 is 0 Å². The molecule has 0 spiro atoms. The van der Waals surface area contributed by atoms with Crippen LogP contribution < -0.4 is 0 Å². The van der Waals surface area contributed by atoms with Crippen molar-refractivity contribution < 1.29 is 0 Å². The normalized spacial score (nSPS) is 11.0. The Bertz CT molecular complexity index is 359. The predicted octanol–water partition coefficient (Wildman–Crippen LogP) is 6.89. The van der Waals surface area contributed by atoms with Gasteiger partial charge in [-0.3, -0.25) is 4.98 Å². The van der Waals surface area contributed by atoms with Gasteiger partial charge in [-0.25, -0.2) is 0 Å². The molecule has 0 saturated heterocycles. The zero-order chi connectivity index (χ0) is 15.9. The fourth-order valence-corrected chi connectivity index (χ4v) is 3.17. The van der Waals surface area contributed by atoms with Crippen LogP contribution in [0, 0.1) is 0 Å². The smallest absolute Gasteiger partial charge is 0.0432 e. The molecule has 0 atom stereocenters. The average molecular weight is 304 g/mol. The summed E-state index contributed by atoms with van der Waals surface area (Å²) < 4.78 is 0. The number of hydrogen-bond acceptors (Lipinski definition) is 1. The van der Waals surface area contributed by atoms with Crippen molar-refractivity contribution in [3.63, 3.8) is 0 Å². The number of hydrogen-bond donors (Lipinski definition) is 0. The number of rotatable bonds is 14. The largest absolute Gasteiger partial charge is 0.261 e. The van der Waals surface area contributed by atoms with Crippen LogP contribution in [0.25, 0.3) is 0 Å². The van der Waals surface area contributed by atoms with E-state index in [4.69, 9.17) is 0 Å². The Morgan fingerprint density at radius 3 is 1.82 bits per heavy atom. The molecule has 0 saturated carbocycles. The van der Waals surface area contributed by atoms with Crippen molar-refractivity contribution in [2.24, 2.45) is 0 Å². The van der Waals surface area contributed by atoms with Crippen LogP contribution in [0.4, 0.5) is 0 Å². The molecule has 0 aromatic carbocycles. The molecule has 1 aromatic heterocycles. The summed E-state index contributed by atoms with van der Waals surface area (Å²) in [6, 6.07) is 4.33. The van der Waals surface area contributed by atoms with E-state index in [9.17, 15) is 0 Å². The Balaban J connectivity index is 1.89. The molecule has 0 aliphatic carbocycles. The van der Waals surface area contributed by atoms with Gasteiger partial charge in [-0.05, 0) is 30.9 Å². The van der Waals surface area contributed by atoms with Gasteiger partial charge in [0.2, 0.25) is 0 Å². The molecule has 126 valence electrons. The van der Waals surface area contributed by atoms with E-state index in [2.05, 4.69) is 31.0 Å². The molecule has 1 heterocycles. The van der Waals surface area contributed by atoms with Gasteiger partial charge in [-0.1, -0.05) is 90.5 Å². The molecule has 22 heavy (non-hydrogen) atoms.